The van der Waals surface area contributed by atoms with Gasteiger partial charge >= 0.3 is 6.09 Å². The van der Waals surface area contributed by atoms with Gasteiger partial charge in [0.05, 0.1) is 17.9 Å². The van der Waals surface area contributed by atoms with Gasteiger partial charge in [0.15, 0.2) is 0 Å². The van der Waals surface area contributed by atoms with Gasteiger partial charge in [-0.15, -0.1) is 11.8 Å². The van der Waals surface area contributed by atoms with Gasteiger partial charge in [0.2, 0.25) is 0 Å². The van der Waals surface area contributed by atoms with Crippen molar-refractivity contribution in [1.29, 1.82) is 0 Å². The highest BCUT2D eigenvalue weighted by molar-refractivity contribution is 7.99. The molecule has 1 aliphatic heterocycles. The molecule has 0 N–H and O–H groups in total. The SMILES string of the molecule is CCOC(=O)N1CCS[C@H](c2ccccc2)[C@@H]1c1ccccc1. The van der Waals surface area contributed by atoms with Gasteiger partial charge in [-0.2, -0.15) is 0 Å². The first-order valence-electron chi connectivity index (χ1n) is 7.96. The molecule has 4 heteroatoms. The first-order valence-corrected chi connectivity index (χ1v) is 9.01. The van der Waals surface area contributed by atoms with E-state index in [9.17, 15) is 4.79 Å². The highest BCUT2D eigenvalue weighted by atomic mass is 32.2. The van der Waals surface area contributed by atoms with Crippen LogP contribution in [0.25, 0.3) is 0 Å². The molecule has 1 fully saturated rings. The number of rotatable bonds is 3. The van der Waals surface area contributed by atoms with Crippen molar-refractivity contribution in [3.05, 3.63) is 71.8 Å². The Kier molecular flexibility index (Phi) is 5.23. The molecule has 2 atom stereocenters. The largest absolute Gasteiger partial charge is 0.450 e. The summed E-state index contributed by atoms with van der Waals surface area (Å²) < 4.78 is 5.30. The molecule has 2 aromatic carbocycles. The molecule has 0 unspecified atom stereocenters. The lowest BCUT2D eigenvalue weighted by atomic mass is 9.96. The van der Waals surface area contributed by atoms with E-state index in [-0.39, 0.29) is 17.4 Å². The van der Waals surface area contributed by atoms with E-state index in [2.05, 4.69) is 36.4 Å². The number of ether oxygens (including phenoxy) is 1. The number of benzene rings is 2. The molecule has 1 aliphatic rings. The fourth-order valence-electron chi connectivity index (χ4n) is 3.01. The fourth-order valence-corrected chi connectivity index (χ4v) is 4.40. The molecule has 0 spiro atoms. The predicted molar refractivity (Wildman–Crippen MR) is 94.6 cm³/mol. The normalized spacial score (nSPS) is 21.0. The quantitative estimate of drug-likeness (QED) is 0.820. The van der Waals surface area contributed by atoms with Crippen molar-refractivity contribution in [2.24, 2.45) is 0 Å². The molecule has 3 rings (SSSR count). The standard InChI is InChI=1S/C19H21NO2S/c1-2-22-19(21)20-13-14-23-18(16-11-7-4-8-12-16)17(20)15-9-5-3-6-10-15/h3-12,17-18H,2,13-14H2,1H3/t17-,18+/m0/s1. The minimum absolute atomic E-state index is 0.00333. The fraction of sp³-hybridized carbons (Fsp3) is 0.316. The molecule has 3 nitrogen and oxygen atoms in total. The van der Waals surface area contributed by atoms with Gasteiger partial charge in [-0.3, -0.25) is 4.90 Å². The second-order valence-electron chi connectivity index (χ2n) is 5.45. The summed E-state index contributed by atoms with van der Waals surface area (Å²) in [5.74, 6) is 0.918. The second-order valence-corrected chi connectivity index (χ2v) is 6.70. The lowest BCUT2D eigenvalue weighted by Crippen LogP contribution is -2.42. The van der Waals surface area contributed by atoms with Crippen LogP contribution in [0.3, 0.4) is 0 Å². The lowest BCUT2D eigenvalue weighted by molar-refractivity contribution is 0.0899. The van der Waals surface area contributed by atoms with Gasteiger partial charge in [-0.25, -0.2) is 4.79 Å². The number of hydrogen-bond donors (Lipinski definition) is 0. The number of carbonyl (C=O) groups is 1. The monoisotopic (exact) mass is 327 g/mol. The smallest absolute Gasteiger partial charge is 0.410 e. The van der Waals surface area contributed by atoms with E-state index in [1.54, 1.807) is 0 Å². The molecular formula is C19H21NO2S. The van der Waals surface area contributed by atoms with Crippen LogP contribution in [-0.4, -0.2) is 29.9 Å². The van der Waals surface area contributed by atoms with Crippen LogP contribution in [-0.2, 0) is 4.74 Å². The number of thioether (sulfide) groups is 1. The summed E-state index contributed by atoms with van der Waals surface area (Å²) in [7, 11) is 0. The highest BCUT2D eigenvalue weighted by Crippen LogP contribution is 2.46. The molecule has 0 aliphatic carbocycles. The van der Waals surface area contributed by atoms with Crippen LogP contribution in [0.15, 0.2) is 60.7 Å². The zero-order valence-electron chi connectivity index (χ0n) is 13.2. The van der Waals surface area contributed by atoms with Crippen molar-refractivity contribution >= 4 is 17.9 Å². The molecular weight excluding hydrogens is 306 g/mol. The van der Waals surface area contributed by atoms with E-state index in [1.165, 1.54) is 5.56 Å². The van der Waals surface area contributed by atoms with Crippen molar-refractivity contribution < 1.29 is 9.53 Å². The number of hydrogen-bond acceptors (Lipinski definition) is 3. The van der Waals surface area contributed by atoms with Gasteiger partial charge in [-0.05, 0) is 18.1 Å². The van der Waals surface area contributed by atoms with Gasteiger partial charge < -0.3 is 4.74 Å². The van der Waals surface area contributed by atoms with Crippen molar-refractivity contribution in [2.45, 2.75) is 18.2 Å². The topological polar surface area (TPSA) is 29.5 Å². The summed E-state index contributed by atoms with van der Waals surface area (Å²) >= 11 is 1.91. The Morgan fingerprint density at radius 1 is 1.09 bits per heavy atom. The van der Waals surface area contributed by atoms with Crippen LogP contribution in [0.4, 0.5) is 4.79 Å². The third kappa shape index (κ3) is 3.53. The summed E-state index contributed by atoms with van der Waals surface area (Å²) in [5.41, 5.74) is 2.40. The number of carbonyl (C=O) groups excluding carboxylic acids is 1. The maximum Gasteiger partial charge on any atom is 0.410 e. The number of amides is 1. The Balaban J connectivity index is 1.99. The molecule has 2 aromatic rings. The maximum absolute atomic E-state index is 12.5. The van der Waals surface area contributed by atoms with E-state index < -0.39 is 0 Å². The Bertz CT molecular complexity index is 632. The number of nitrogens with zero attached hydrogens (tertiary/aromatic N) is 1. The predicted octanol–water partition coefficient (Wildman–Crippen LogP) is 4.67. The van der Waals surface area contributed by atoms with Crippen LogP contribution in [0.2, 0.25) is 0 Å². The Labute approximate surface area is 141 Å². The van der Waals surface area contributed by atoms with Crippen LogP contribution < -0.4 is 0 Å². The summed E-state index contributed by atoms with van der Waals surface area (Å²) in [6.07, 6.45) is -0.220. The van der Waals surface area contributed by atoms with Crippen LogP contribution in [0.5, 0.6) is 0 Å². The van der Waals surface area contributed by atoms with Gasteiger partial charge in [0.25, 0.3) is 0 Å². The Hall–Kier alpha value is -1.94. The minimum atomic E-state index is -0.220. The summed E-state index contributed by atoms with van der Waals surface area (Å²) in [6.45, 7) is 2.97. The summed E-state index contributed by atoms with van der Waals surface area (Å²) in [5, 5.41) is 0.219. The molecule has 0 bridgehead atoms. The van der Waals surface area contributed by atoms with E-state index >= 15 is 0 Å². The Morgan fingerprint density at radius 3 is 2.30 bits per heavy atom. The Morgan fingerprint density at radius 2 is 1.70 bits per heavy atom. The molecule has 0 saturated carbocycles. The van der Waals surface area contributed by atoms with E-state index in [0.717, 1.165) is 11.3 Å². The molecule has 23 heavy (non-hydrogen) atoms. The average molecular weight is 327 g/mol. The molecule has 0 aromatic heterocycles. The summed E-state index contributed by atoms with van der Waals surface area (Å²) in [6, 6.07) is 20.7. The van der Waals surface area contributed by atoms with Crippen molar-refractivity contribution in [2.75, 3.05) is 18.9 Å². The third-order valence-corrected chi connectivity index (χ3v) is 5.33. The van der Waals surface area contributed by atoms with Crippen LogP contribution in [0.1, 0.15) is 29.3 Å². The maximum atomic E-state index is 12.5. The zero-order chi connectivity index (χ0) is 16.1. The van der Waals surface area contributed by atoms with Crippen molar-refractivity contribution in [1.82, 2.24) is 4.90 Å². The van der Waals surface area contributed by atoms with E-state index in [1.807, 2.05) is 47.9 Å². The van der Waals surface area contributed by atoms with E-state index in [0.29, 0.717) is 13.2 Å². The zero-order valence-corrected chi connectivity index (χ0v) is 14.0. The first kappa shape index (κ1) is 15.9. The highest BCUT2D eigenvalue weighted by Gasteiger charge is 2.37. The van der Waals surface area contributed by atoms with Crippen molar-refractivity contribution in [3.8, 4) is 0 Å². The van der Waals surface area contributed by atoms with E-state index in [4.69, 9.17) is 4.74 Å². The van der Waals surface area contributed by atoms with Gasteiger partial charge in [-0.1, -0.05) is 60.7 Å². The minimum Gasteiger partial charge on any atom is -0.450 e. The van der Waals surface area contributed by atoms with Gasteiger partial charge in [0, 0.05) is 12.3 Å². The first-order chi connectivity index (χ1) is 11.3. The summed E-state index contributed by atoms with van der Waals surface area (Å²) in [4.78, 5) is 14.3. The van der Waals surface area contributed by atoms with Gasteiger partial charge in [0.1, 0.15) is 0 Å². The molecule has 1 heterocycles. The third-order valence-electron chi connectivity index (χ3n) is 4.02. The molecule has 1 saturated heterocycles. The van der Waals surface area contributed by atoms with Crippen LogP contribution in [0, 0.1) is 0 Å². The lowest BCUT2D eigenvalue weighted by Gasteiger charge is -2.40. The van der Waals surface area contributed by atoms with Crippen molar-refractivity contribution in [3.63, 3.8) is 0 Å². The second kappa shape index (κ2) is 7.55. The van der Waals surface area contributed by atoms with Crippen LogP contribution >= 0.6 is 11.8 Å². The molecule has 1 amide bonds. The average Bonchev–Trinajstić information content (AvgIpc) is 2.63. The molecule has 120 valence electrons. The molecule has 0 radical (unpaired) electrons.